The Morgan fingerprint density at radius 1 is 1.03 bits per heavy atom. The Bertz CT molecular complexity index is 1520. The van der Waals surface area contributed by atoms with Crippen molar-refractivity contribution >= 4 is 39.7 Å². The number of guanidine groups is 1. The van der Waals surface area contributed by atoms with Crippen molar-refractivity contribution in [3.05, 3.63) is 71.5 Å². The number of hydrogen-bond donors (Lipinski definition) is 3. The van der Waals surface area contributed by atoms with Crippen molar-refractivity contribution in [2.45, 2.75) is 32.7 Å². The SMILES string of the molecule is CN=C1NCc2cc(-c3c(C)ccc4c(N)ncnc34)ccc2N1c1ccc2c(c1)NCC2(C)C. The van der Waals surface area contributed by atoms with Crippen LogP contribution in [0.1, 0.15) is 30.5 Å². The highest BCUT2D eigenvalue weighted by Gasteiger charge is 2.31. The Balaban J connectivity index is 1.48. The van der Waals surface area contributed by atoms with Crippen molar-refractivity contribution in [3.8, 4) is 11.1 Å². The quantitative estimate of drug-likeness (QED) is 0.382. The lowest BCUT2D eigenvalue weighted by molar-refractivity contribution is 0.586. The molecule has 2 aliphatic rings. The zero-order valence-electron chi connectivity index (χ0n) is 20.5. The molecule has 176 valence electrons. The van der Waals surface area contributed by atoms with E-state index in [1.807, 2.05) is 13.1 Å². The minimum absolute atomic E-state index is 0.131. The summed E-state index contributed by atoms with van der Waals surface area (Å²) < 4.78 is 0. The Labute approximate surface area is 205 Å². The first kappa shape index (κ1) is 21.4. The summed E-state index contributed by atoms with van der Waals surface area (Å²) in [7, 11) is 1.83. The zero-order chi connectivity index (χ0) is 24.3. The Hall–Kier alpha value is -4.13. The summed E-state index contributed by atoms with van der Waals surface area (Å²) in [6.07, 6.45) is 1.54. The topological polar surface area (TPSA) is 91.5 Å². The van der Waals surface area contributed by atoms with Crippen LogP contribution in [0, 0.1) is 6.92 Å². The molecule has 2 aliphatic heterocycles. The molecule has 7 heteroatoms. The fraction of sp³-hybridized carbons (Fsp3) is 0.250. The summed E-state index contributed by atoms with van der Waals surface area (Å²) in [5.74, 6) is 1.34. The first-order valence-electron chi connectivity index (χ1n) is 11.9. The molecule has 0 spiro atoms. The van der Waals surface area contributed by atoms with Gasteiger partial charge in [0.15, 0.2) is 0 Å². The highest BCUT2D eigenvalue weighted by atomic mass is 15.3. The molecule has 0 saturated carbocycles. The third kappa shape index (κ3) is 3.30. The Morgan fingerprint density at radius 2 is 1.89 bits per heavy atom. The van der Waals surface area contributed by atoms with E-state index in [-0.39, 0.29) is 5.41 Å². The summed E-state index contributed by atoms with van der Waals surface area (Å²) in [4.78, 5) is 15.5. The van der Waals surface area contributed by atoms with E-state index in [9.17, 15) is 0 Å². The maximum atomic E-state index is 6.15. The average molecular weight is 464 g/mol. The predicted molar refractivity (Wildman–Crippen MR) is 144 cm³/mol. The van der Waals surface area contributed by atoms with E-state index < -0.39 is 0 Å². The van der Waals surface area contributed by atoms with Gasteiger partial charge in [0.25, 0.3) is 0 Å². The lowest BCUT2D eigenvalue weighted by Crippen LogP contribution is -2.42. The van der Waals surface area contributed by atoms with E-state index in [0.717, 1.165) is 51.5 Å². The van der Waals surface area contributed by atoms with E-state index in [4.69, 9.17) is 5.73 Å². The van der Waals surface area contributed by atoms with Crippen molar-refractivity contribution in [3.63, 3.8) is 0 Å². The van der Waals surface area contributed by atoms with E-state index in [1.165, 1.54) is 23.1 Å². The molecule has 0 fully saturated rings. The van der Waals surface area contributed by atoms with Crippen molar-refractivity contribution < 1.29 is 0 Å². The molecule has 0 aliphatic carbocycles. The minimum atomic E-state index is 0.131. The van der Waals surface area contributed by atoms with E-state index >= 15 is 0 Å². The third-order valence-electron chi connectivity index (χ3n) is 7.23. The smallest absolute Gasteiger partial charge is 0.203 e. The van der Waals surface area contributed by atoms with Crippen LogP contribution in [0.15, 0.2) is 59.9 Å². The largest absolute Gasteiger partial charge is 0.384 e. The Kier molecular flexibility index (Phi) is 4.71. The van der Waals surface area contributed by atoms with Gasteiger partial charge in [-0.1, -0.05) is 32.0 Å². The van der Waals surface area contributed by atoms with Crippen LogP contribution in [0.5, 0.6) is 0 Å². The number of aromatic nitrogens is 2. The van der Waals surface area contributed by atoms with Gasteiger partial charge in [0.1, 0.15) is 12.1 Å². The highest BCUT2D eigenvalue weighted by molar-refractivity contribution is 6.06. The lowest BCUT2D eigenvalue weighted by Gasteiger charge is -2.34. The summed E-state index contributed by atoms with van der Waals surface area (Å²) in [6, 6.07) is 17.3. The minimum Gasteiger partial charge on any atom is -0.384 e. The molecular weight excluding hydrogens is 434 g/mol. The van der Waals surface area contributed by atoms with E-state index in [2.05, 4.69) is 93.7 Å². The van der Waals surface area contributed by atoms with Gasteiger partial charge in [0.05, 0.1) is 16.9 Å². The number of nitrogens with zero attached hydrogens (tertiary/aromatic N) is 4. The molecule has 6 rings (SSSR count). The average Bonchev–Trinajstić information content (AvgIpc) is 3.16. The van der Waals surface area contributed by atoms with Gasteiger partial charge >= 0.3 is 0 Å². The summed E-state index contributed by atoms with van der Waals surface area (Å²) in [5, 5.41) is 7.96. The standard InChI is InChI=1S/C28H29N7/c1-16-5-8-20-25(33-15-34-26(20)29)24(16)17-6-10-23-18(11-17)13-31-27(30-4)35(23)19-7-9-21-22(12-19)32-14-28(21,2)3/h5-12,15,32H,13-14H2,1-4H3,(H,30,31)(H2,29,33,34). The maximum Gasteiger partial charge on any atom is 0.203 e. The normalized spacial score (nSPS) is 17.1. The predicted octanol–water partition coefficient (Wildman–Crippen LogP) is 5.12. The highest BCUT2D eigenvalue weighted by Crippen LogP contribution is 2.42. The molecule has 0 amide bonds. The van der Waals surface area contributed by atoms with E-state index in [0.29, 0.717) is 12.4 Å². The molecule has 0 radical (unpaired) electrons. The number of fused-ring (bicyclic) bond motifs is 3. The van der Waals surface area contributed by atoms with Crippen LogP contribution in [0.4, 0.5) is 22.9 Å². The van der Waals surface area contributed by atoms with Crippen LogP contribution in [0.2, 0.25) is 0 Å². The number of nitrogens with one attached hydrogen (secondary N) is 2. The van der Waals surface area contributed by atoms with Crippen molar-refractivity contribution in [2.24, 2.45) is 4.99 Å². The first-order chi connectivity index (χ1) is 16.9. The number of hydrogen-bond acceptors (Lipinski definition) is 5. The molecule has 7 nitrogen and oxygen atoms in total. The van der Waals surface area contributed by atoms with Crippen LogP contribution in [-0.2, 0) is 12.0 Å². The number of aliphatic imine (C=N–C) groups is 1. The molecule has 35 heavy (non-hydrogen) atoms. The molecule has 4 N–H and O–H groups in total. The second-order valence-electron chi connectivity index (χ2n) is 9.96. The van der Waals surface area contributed by atoms with Gasteiger partial charge < -0.3 is 16.4 Å². The second-order valence-corrected chi connectivity index (χ2v) is 9.96. The molecule has 4 aromatic rings. The van der Waals surface area contributed by atoms with Crippen LogP contribution in [0.3, 0.4) is 0 Å². The van der Waals surface area contributed by atoms with E-state index in [1.54, 1.807) is 0 Å². The Morgan fingerprint density at radius 3 is 2.71 bits per heavy atom. The summed E-state index contributed by atoms with van der Waals surface area (Å²) >= 11 is 0. The number of aryl methyl sites for hydroxylation is 1. The molecule has 1 aromatic heterocycles. The van der Waals surface area contributed by atoms with Gasteiger partial charge in [-0.3, -0.25) is 9.89 Å². The molecule has 3 heterocycles. The van der Waals surface area contributed by atoms with Crippen LogP contribution in [0.25, 0.3) is 22.0 Å². The van der Waals surface area contributed by atoms with Gasteiger partial charge in [0.2, 0.25) is 5.96 Å². The number of nitrogen functional groups attached to an aromatic ring is 1. The number of benzene rings is 3. The van der Waals surface area contributed by atoms with Crippen LogP contribution >= 0.6 is 0 Å². The fourth-order valence-corrected chi connectivity index (χ4v) is 5.34. The lowest BCUT2D eigenvalue weighted by atomic mass is 9.87. The maximum absolute atomic E-state index is 6.15. The second kappa shape index (κ2) is 7.70. The van der Waals surface area contributed by atoms with Crippen molar-refractivity contribution in [2.75, 3.05) is 29.5 Å². The van der Waals surface area contributed by atoms with Gasteiger partial charge in [-0.15, -0.1) is 0 Å². The molecule has 0 bridgehead atoms. The third-order valence-corrected chi connectivity index (χ3v) is 7.23. The summed E-state index contributed by atoms with van der Waals surface area (Å²) in [5.41, 5.74) is 16.4. The van der Waals surface area contributed by atoms with Crippen LogP contribution in [-0.4, -0.2) is 29.5 Å². The monoisotopic (exact) mass is 463 g/mol. The van der Waals surface area contributed by atoms with Crippen LogP contribution < -0.4 is 21.3 Å². The van der Waals surface area contributed by atoms with Crippen molar-refractivity contribution in [1.82, 2.24) is 15.3 Å². The molecule has 0 unspecified atom stereocenters. The number of anilines is 4. The summed E-state index contributed by atoms with van der Waals surface area (Å²) in [6.45, 7) is 8.30. The molecule has 0 atom stereocenters. The number of rotatable bonds is 2. The molecular formula is C28H29N7. The number of nitrogens with two attached hydrogens (primary N) is 1. The van der Waals surface area contributed by atoms with Gasteiger partial charge in [-0.2, -0.15) is 0 Å². The van der Waals surface area contributed by atoms with Gasteiger partial charge in [0, 0.05) is 42.2 Å². The van der Waals surface area contributed by atoms with Crippen molar-refractivity contribution in [1.29, 1.82) is 0 Å². The molecule has 3 aromatic carbocycles. The fourth-order valence-electron chi connectivity index (χ4n) is 5.34. The molecule has 0 saturated heterocycles. The van der Waals surface area contributed by atoms with Gasteiger partial charge in [-0.05, 0) is 59.5 Å². The van der Waals surface area contributed by atoms with Gasteiger partial charge in [-0.25, -0.2) is 9.97 Å². The first-order valence-corrected chi connectivity index (χ1v) is 11.9. The zero-order valence-corrected chi connectivity index (χ0v) is 20.5.